The summed E-state index contributed by atoms with van der Waals surface area (Å²) in [6, 6.07) is 80.2. The number of aromatic nitrogens is 4. The summed E-state index contributed by atoms with van der Waals surface area (Å²) in [4.78, 5) is 0. The number of rotatable bonds is 4. The van der Waals surface area contributed by atoms with Crippen molar-refractivity contribution >= 4 is 98.0 Å². The Hall–Kier alpha value is -8.34. The molecule has 14 aromatic rings. The fourth-order valence-electron chi connectivity index (χ4n) is 10.8. The van der Waals surface area contributed by atoms with Crippen molar-refractivity contribution in [3.05, 3.63) is 218 Å². The molecule has 0 saturated carbocycles. The molecular formula is C58H36N4. The Morgan fingerprint density at radius 3 is 0.839 bits per heavy atom. The van der Waals surface area contributed by atoms with Gasteiger partial charge < -0.3 is 18.3 Å². The fourth-order valence-corrected chi connectivity index (χ4v) is 10.8. The lowest BCUT2D eigenvalue weighted by Gasteiger charge is -2.16. The van der Waals surface area contributed by atoms with E-state index in [0.717, 1.165) is 22.7 Å². The lowest BCUT2D eigenvalue weighted by atomic mass is 10.1. The molecule has 0 aliphatic carbocycles. The van der Waals surface area contributed by atoms with Crippen molar-refractivity contribution in [2.75, 3.05) is 0 Å². The van der Waals surface area contributed by atoms with Gasteiger partial charge in [0.1, 0.15) is 0 Å². The van der Waals surface area contributed by atoms with Crippen LogP contribution in [-0.2, 0) is 0 Å². The van der Waals surface area contributed by atoms with Crippen LogP contribution in [0.15, 0.2) is 218 Å². The Bertz CT molecular complexity index is 3870. The van der Waals surface area contributed by atoms with E-state index < -0.39 is 0 Å². The van der Waals surface area contributed by atoms with Gasteiger partial charge in [0.25, 0.3) is 0 Å². The van der Waals surface area contributed by atoms with Crippen LogP contribution in [-0.4, -0.2) is 18.3 Å². The SMILES string of the molecule is c1ccc(-n2c3ccccc3c3cc4c5ccccc5n(-c5cccc6c(-n7c8ccccc8c8cc9c%10ccccc%10n(-c%10ccccc%10)c9cc87)cccc56)c4cc32)cc1. The van der Waals surface area contributed by atoms with Crippen LogP contribution >= 0.6 is 0 Å². The number of hydrogen-bond donors (Lipinski definition) is 0. The number of nitrogens with zero attached hydrogens (tertiary/aromatic N) is 4. The molecule has 0 radical (unpaired) electrons. The molecule has 0 unspecified atom stereocenters. The maximum atomic E-state index is 2.50. The number of benzene rings is 10. The summed E-state index contributed by atoms with van der Waals surface area (Å²) < 4.78 is 9.83. The van der Waals surface area contributed by atoms with Crippen molar-refractivity contribution in [3.63, 3.8) is 0 Å². The zero-order chi connectivity index (χ0) is 40.5. The molecule has 4 nitrogen and oxygen atoms in total. The first-order valence-corrected chi connectivity index (χ1v) is 21.4. The van der Waals surface area contributed by atoms with Gasteiger partial charge in [-0.15, -0.1) is 0 Å². The third-order valence-corrected chi connectivity index (χ3v) is 13.3. The van der Waals surface area contributed by atoms with Gasteiger partial charge >= 0.3 is 0 Å². The van der Waals surface area contributed by atoms with Crippen LogP contribution in [0.2, 0.25) is 0 Å². The monoisotopic (exact) mass is 788 g/mol. The second kappa shape index (κ2) is 12.6. The van der Waals surface area contributed by atoms with Gasteiger partial charge in [0.05, 0.1) is 55.5 Å². The molecule has 10 aromatic carbocycles. The van der Waals surface area contributed by atoms with E-state index >= 15 is 0 Å². The predicted octanol–water partition coefficient (Wildman–Crippen LogP) is 15.2. The van der Waals surface area contributed by atoms with E-state index in [1.165, 1.54) is 98.0 Å². The van der Waals surface area contributed by atoms with E-state index in [0.29, 0.717) is 0 Å². The normalized spacial score (nSPS) is 12.2. The van der Waals surface area contributed by atoms with Crippen LogP contribution in [0.3, 0.4) is 0 Å². The van der Waals surface area contributed by atoms with Crippen LogP contribution in [0.5, 0.6) is 0 Å². The molecule has 0 saturated heterocycles. The Kier molecular flexibility index (Phi) is 6.80. The van der Waals surface area contributed by atoms with Gasteiger partial charge in [-0.3, -0.25) is 0 Å². The zero-order valence-corrected chi connectivity index (χ0v) is 33.6. The Balaban J connectivity index is 1.07. The molecule has 0 N–H and O–H groups in total. The Labute approximate surface area is 355 Å². The van der Waals surface area contributed by atoms with E-state index in [9.17, 15) is 0 Å². The summed E-state index contributed by atoms with van der Waals surface area (Å²) in [5, 5.41) is 12.4. The molecule has 0 aliphatic heterocycles. The van der Waals surface area contributed by atoms with Crippen molar-refractivity contribution in [1.82, 2.24) is 18.3 Å². The molecule has 0 amide bonds. The van der Waals surface area contributed by atoms with Gasteiger partial charge in [-0.05, 0) is 84.9 Å². The third-order valence-electron chi connectivity index (χ3n) is 13.3. The smallest absolute Gasteiger partial charge is 0.0562 e. The highest BCUT2D eigenvalue weighted by molar-refractivity contribution is 6.21. The predicted molar refractivity (Wildman–Crippen MR) is 261 cm³/mol. The topological polar surface area (TPSA) is 19.7 Å². The van der Waals surface area contributed by atoms with Crippen LogP contribution in [0, 0.1) is 0 Å². The molecular weight excluding hydrogens is 753 g/mol. The van der Waals surface area contributed by atoms with Gasteiger partial charge in [-0.25, -0.2) is 0 Å². The molecule has 4 heteroatoms. The van der Waals surface area contributed by atoms with E-state index in [1.807, 2.05) is 0 Å². The van der Waals surface area contributed by atoms with Crippen LogP contribution in [0.4, 0.5) is 0 Å². The average molecular weight is 789 g/mol. The van der Waals surface area contributed by atoms with Gasteiger partial charge in [-0.1, -0.05) is 133 Å². The summed E-state index contributed by atoms with van der Waals surface area (Å²) in [5.41, 5.74) is 14.2. The molecule has 14 rings (SSSR count). The van der Waals surface area contributed by atoms with E-state index in [1.54, 1.807) is 0 Å². The minimum Gasteiger partial charge on any atom is -0.309 e. The Morgan fingerprint density at radius 2 is 0.468 bits per heavy atom. The summed E-state index contributed by atoms with van der Waals surface area (Å²) in [6.07, 6.45) is 0. The standard InChI is InChI=1S/C58H36N4/c1-3-17-37(18-4-1)59-49-27-11-7-21-41(49)45-33-47-43-23-9-13-29-51(43)61(57(47)35-55(45)59)53-31-15-26-40-39(53)25-16-32-54(40)62-52-30-14-10-24-44(52)48-34-46-42-22-8-12-28-50(42)60(56(46)36-58(48)62)38-19-5-2-6-20-38/h1-36H. The quantitative estimate of drug-likeness (QED) is 0.169. The van der Waals surface area contributed by atoms with Crippen molar-refractivity contribution in [2.45, 2.75) is 0 Å². The number of para-hydroxylation sites is 6. The minimum absolute atomic E-state index is 1.16. The second-order valence-electron chi connectivity index (χ2n) is 16.5. The maximum Gasteiger partial charge on any atom is 0.0562 e. The second-order valence-corrected chi connectivity index (χ2v) is 16.5. The molecule has 288 valence electrons. The first-order chi connectivity index (χ1) is 30.8. The van der Waals surface area contributed by atoms with Crippen LogP contribution in [0.25, 0.3) is 121 Å². The first-order valence-electron chi connectivity index (χ1n) is 21.4. The van der Waals surface area contributed by atoms with Crippen molar-refractivity contribution < 1.29 is 0 Å². The fraction of sp³-hybridized carbons (Fsp3) is 0. The summed E-state index contributed by atoms with van der Waals surface area (Å²) in [7, 11) is 0. The number of fused-ring (bicyclic) bond motifs is 13. The van der Waals surface area contributed by atoms with Crippen molar-refractivity contribution in [3.8, 4) is 22.7 Å². The molecule has 0 fully saturated rings. The van der Waals surface area contributed by atoms with Crippen LogP contribution in [0.1, 0.15) is 0 Å². The summed E-state index contributed by atoms with van der Waals surface area (Å²) in [6.45, 7) is 0. The number of hydrogen-bond acceptors (Lipinski definition) is 0. The lowest BCUT2D eigenvalue weighted by molar-refractivity contribution is 1.16. The minimum atomic E-state index is 1.16. The molecule has 0 spiro atoms. The highest BCUT2D eigenvalue weighted by atomic mass is 15.0. The largest absolute Gasteiger partial charge is 0.309 e. The molecule has 0 bridgehead atoms. The van der Waals surface area contributed by atoms with Gasteiger partial charge in [0, 0.05) is 65.2 Å². The van der Waals surface area contributed by atoms with Gasteiger partial charge in [0.2, 0.25) is 0 Å². The first kappa shape index (κ1) is 33.5. The third kappa shape index (κ3) is 4.50. The highest BCUT2D eigenvalue weighted by Crippen LogP contribution is 2.43. The van der Waals surface area contributed by atoms with Crippen molar-refractivity contribution in [1.29, 1.82) is 0 Å². The van der Waals surface area contributed by atoms with E-state index in [4.69, 9.17) is 0 Å². The van der Waals surface area contributed by atoms with E-state index in [2.05, 4.69) is 237 Å². The Morgan fingerprint density at radius 1 is 0.177 bits per heavy atom. The van der Waals surface area contributed by atoms with E-state index in [-0.39, 0.29) is 0 Å². The molecule has 62 heavy (non-hydrogen) atoms. The molecule has 0 aliphatic rings. The maximum absolute atomic E-state index is 2.50. The molecule has 0 atom stereocenters. The average Bonchev–Trinajstić information content (AvgIpc) is 4.05. The zero-order valence-electron chi connectivity index (χ0n) is 33.6. The van der Waals surface area contributed by atoms with Gasteiger partial charge in [0.15, 0.2) is 0 Å². The summed E-state index contributed by atoms with van der Waals surface area (Å²) in [5.74, 6) is 0. The lowest BCUT2D eigenvalue weighted by Crippen LogP contribution is -1.99. The summed E-state index contributed by atoms with van der Waals surface area (Å²) >= 11 is 0. The van der Waals surface area contributed by atoms with Crippen LogP contribution < -0.4 is 0 Å². The van der Waals surface area contributed by atoms with Crippen molar-refractivity contribution in [2.24, 2.45) is 0 Å². The molecule has 4 aromatic heterocycles. The highest BCUT2D eigenvalue weighted by Gasteiger charge is 2.22. The van der Waals surface area contributed by atoms with Gasteiger partial charge in [-0.2, -0.15) is 0 Å². The molecule has 4 heterocycles.